The lowest BCUT2D eigenvalue weighted by Crippen LogP contribution is -2.13. The third kappa shape index (κ3) is 1.96. The minimum absolute atomic E-state index is 0.464. The van der Waals surface area contributed by atoms with Crippen LogP contribution in [0.25, 0.3) is 17.1 Å². The van der Waals surface area contributed by atoms with Crippen molar-refractivity contribution >= 4 is 0 Å². The first-order valence-electron chi connectivity index (χ1n) is 7.40. The minimum Gasteiger partial charge on any atom is -0.485 e. The third-order valence-corrected chi connectivity index (χ3v) is 3.72. The van der Waals surface area contributed by atoms with Crippen LogP contribution < -0.4 is 9.47 Å². The second kappa shape index (κ2) is 5.22. The van der Waals surface area contributed by atoms with Crippen molar-refractivity contribution in [1.29, 1.82) is 0 Å². The summed E-state index contributed by atoms with van der Waals surface area (Å²) in [5.41, 5.74) is 3.02. The SMILES string of the molecule is CCOc1nc(-c2ccccc2)n2c1COc1ccccc1-2. The standard InChI is InChI=1S/C18H16N2O2/c1-2-21-18-15-12-22-16-11-7-6-10-14(16)20(15)17(19-18)13-8-4-3-5-9-13/h3-11H,2,12H2,1H3. The molecule has 0 saturated heterocycles. The molecule has 110 valence electrons. The molecule has 4 rings (SSSR count). The maximum absolute atomic E-state index is 5.85. The van der Waals surface area contributed by atoms with Gasteiger partial charge in [-0.1, -0.05) is 42.5 Å². The van der Waals surface area contributed by atoms with Crippen LogP contribution in [0.1, 0.15) is 12.6 Å². The van der Waals surface area contributed by atoms with Crippen molar-refractivity contribution in [2.75, 3.05) is 6.61 Å². The Kier molecular flexibility index (Phi) is 3.07. The fourth-order valence-electron chi connectivity index (χ4n) is 2.76. The monoisotopic (exact) mass is 292 g/mol. The van der Waals surface area contributed by atoms with E-state index in [0.717, 1.165) is 28.5 Å². The first-order valence-corrected chi connectivity index (χ1v) is 7.40. The highest BCUT2D eigenvalue weighted by Crippen LogP contribution is 2.38. The molecule has 1 aliphatic rings. The molecule has 0 amide bonds. The van der Waals surface area contributed by atoms with Crippen molar-refractivity contribution in [3.63, 3.8) is 0 Å². The van der Waals surface area contributed by atoms with Crippen LogP contribution in [0.5, 0.6) is 11.6 Å². The van der Waals surface area contributed by atoms with Gasteiger partial charge in [-0.05, 0) is 19.1 Å². The molecule has 0 radical (unpaired) electrons. The number of rotatable bonds is 3. The molecule has 0 unspecified atom stereocenters. The zero-order valence-corrected chi connectivity index (χ0v) is 12.3. The molecular weight excluding hydrogens is 276 g/mol. The van der Waals surface area contributed by atoms with E-state index in [-0.39, 0.29) is 0 Å². The second-order valence-corrected chi connectivity index (χ2v) is 5.08. The third-order valence-electron chi connectivity index (χ3n) is 3.72. The van der Waals surface area contributed by atoms with Gasteiger partial charge in [0.05, 0.1) is 12.3 Å². The van der Waals surface area contributed by atoms with Gasteiger partial charge < -0.3 is 9.47 Å². The summed E-state index contributed by atoms with van der Waals surface area (Å²) in [6.45, 7) is 3.01. The van der Waals surface area contributed by atoms with Gasteiger partial charge in [0.1, 0.15) is 23.9 Å². The molecule has 3 aromatic rings. The van der Waals surface area contributed by atoms with Gasteiger partial charge in [-0.3, -0.25) is 4.57 Å². The molecule has 0 N–H and O–H groups in total. The molecule has 2 heterocycles. The van der Waals surface area contributed by atoms with Gasteiger partial charge in [-0.2, -0.15) is 4.98 Å². The molecule has 1 aromatic heterocycles. The van der Waals surface area contributed by atoms with E-state index in [4.69, 9.17) is 14.5 Å². The maximum atomic E-state index is 5.85. The molecule has 0 fully saturated rings. The van der Waals surface area contributed by atoms with Crippen molar-refractivity contribution in [3.8, 4) is 28.7 Å². The zero-order chi connectivity index (χ0) is 14.9. The van der Waals surface area contributed by atoms with Crippen LogP contribution in [0.3, 0.4) is 0 Å². The van der Waals surface area contributed by atoms with Crippen LogP contribution in [0.2, 0.25) is 0 Å². The summed E-state index contributed by atoms with van der Waals surface area (Å²) in [6, 6.07) is 18.2. The molecule has 0 atom stereocenters. The highest BCUT2D eigenvalue weighted by atomic mass is 16.5. The van der Waals surface area contributed by atoms with Gasteiger partial charge in [0.2, 0.25) is 5.88 Å². The summed E-state index contributed by atoms with van der Waals surface area (Å²) >= 11 is 0. The van der Waals surface area contributed by atoms with Gasteiger partial charge >= 0.3 is 0 Å². The predicted octanol–water partition coefficient (Wildman–Crippen LogP) is 3.83. The summed E-state index contributed by atoms with van der Waals surface area (Å²) in [7, 11) is 0. The molecule has 2 aromatic carbocycles. The van der Waals surface area contributed by atoms with Gasteiger partial charge in [0.15, 0.2) is 0 Å². The normalized spacial score (nSPS) is 12.2. The first kappa shape index (κ1) is 13.0. The summed E-state index contributed by atoms with van der Waals surface area (Å²) in [5.74, 6) is 2.40. The van der Waals surface area contributed by atoms with E-state index in [1.807, 2.05) is 49.4 Å². The zero-order valence-electron chi connectivity index (χ0n) is 12.3. The molecule has 1 aliphatic heterocycles. The Hall–Kier alpha value is -2.75. The van der Waals surface area contributed by atoms with Crippen LogP contribution in [0.15, 0.2) is 54.6 Å². The summed E-state index contributed by atoms with van der Waals surface area (Å²) in [6.07, 6.45) is 0. The van der Waals surface area contributed by atoms with Crippen LogP contribution in [-0.2, 0) is 6.61 Å². The summed E-state index contributed by atoms with van der Waals surface area (Å²) < 4.78 is 13.7. The summed E-state index contributed by atoms with van der Waals surface area (Å²) in [5, 5.41) is 0. The topological polar surface area (TPSA) is 36.3 Å². The number of nitrogens with zero attached hydrogens (tertiary/aromatic N) is 2. The average Bonchev–Trinajstić information content (AvgIpc) is 2.95. The first-order chi connectivity index (χ1) is 10.9. The Morgan fingerprint density at radius 3 is 2.68 bits per heavy atom. The highest BCUT2D eigenvalue weighted by Gasteiger charge is 2.26. The molecule has 0 aliphatic carbocycles. The van der Waals surface area contributed by atoms with Gasteiger partial charge in [-0.15, -0.1) is 0 Å². The maximum Gasteiger partial charge on any atom is 0.239 e. The number of imidazole rings is 1. The summed E-state index contributed by atoms with van der Waals surface area (Å²) in [4.78, 5) is 4.71. The Balaban J connectivity index is 1.98. The predicted molar refractivity (Wildman–Crippen MR) is 84.5 cm³/mol. The largest absolute Gasteiger partial charge is 0.485 e. The van der Waals surface area contributed by atoms with Crippen LogP contribution in [0, 0.1) is 0 Å². The number of hydrogen-bond acceptors (Lipinski definition) is 3. The van der Waals surface area contributed by atoms with E-state index >= 15 is 0 Å². The lowest BCUT2D eigenvalue weighted by Gasteiger charge is -2.21. The Morgan fingerprint density at radius 2 is 1.86 bits per heavy atom. The second-order valence-electron chi connectivity index (χ2n) is 5.08. The van der Waals surface area contributed by atoms with Crippen molar-refractivity contribution in [1.82, 2.24) is 9.55 Å². The van der Waals surface area contributed by atoms with E-state index in [9.17, 15) is 0 Å². The molecule has 0 saturated carbocycles. The number of fused-ring (bicyclic) bond motifs is 3. The lowest BCUT2D eigenvalue weighted by molar-refractivity contribution is 0.266. The Bertz CT molecular complexity index is 809. The number of aromatic nitrogens is 2. The van der Waals surface area contributed by atoms with Crippen molar-refractivity contribution in [2.45, 2.75) is 13.5 Å². The Morgan fingerprint density at radius 1 is 1.09 bits per heavy atom. The highest BCUT2D eigenvalue weighted by molar-refractivity contribution is 5.64. The number of hydrogen-bond donors (Lipinski definition) is 0. The van der Waals surface area contributed by atoms with Crippen molar-refractivity contribution in [2.24, 2.45) is 0 Å². The van der Waals surface area contributed by atoms with Crippen molar-refractivity contribution < 1.29 is 9.47 Å². The molecular formula is C18H16N2O2. The fourth-order valence-corrected chi connectivity index (χ4v) is 2.76. The van der Waals surface area contributed by atoms with Crippen LogP contribution in [-0.4, -0.2) is 16.2 Å². The van der Waals surface area contributed by atoms with E-state index in [2.05, 4.69) is 16.7 Å². The smallest absolute Gasteiger partial charge is 0.239 e. The Labute approximate surface area is 129 Å². The van der Waals surface area contributed by atoms with E-state index in [1.165, 1.54) is 0 Å². The number of benzene rings is 2. The quantitative estimate of drug-likeness (QED) is 0.736. The molecule has 4 heteroatoms. The van der Waals surface area contributed by atoms with Crippen LogP contribution >= 0.6 is 0 Å². The minimum atomic E-state index is 0.464. The lowest BCUT2D eigenvalue weighted by atomic mass is 10.2. The van der Waals surface area contributed by atoms with Gasteiger partial charge in [-0.25, -0.2) is 0 Å². The average molecular weight is 292 g/mol. The fraction of sp³-hybridized carbons (Fsp3) is 0.167. The molecule has 22 heavy (non-hydrogen) atoms. The number of para-hydroxylation sites is 2. The van der Waals surface area contributed by atoms with E-state index < -0.39 is 0 Å². The van der Waals surface area contributed by atoms with Crippen LogP contribution in [0.4, 0.5) is 0 Å². The molecule has 0 bridgehead atoms. The molecule has 4 nitrogen and oxygen atoms in total. The van der Waals surface area contributed by atoms with Crippen molar-refractivity contribution in [3.05, 3.63) is 60.3 Å². The molecule has 0 spiro atoms. The number of ether oxygens (including phenoxy) is 2. The van der Waals surface area contributed by atoms with E-state index in [0.29, 0.717) is 19.1 Å². The van der Waals surface area contributed by atoms with Gasteiger partial charge in [0, 0.05) is 5.56 Å². The van der Waals surface area contributed by atoms with Gasteiger partial charge in [0.25, 0.3) is 0 Å². The van der Waals surface area contributed by atoms with E-state index in [1.54, 1.807) is 0 Å².